The normalized spacial score (nSPS) is 16.4. The summed E-state index contributed by atoms with van der Waals surface area (Å²) in [5, 5.41) is 10.9. The number of benzene rings is 1. The molecule has 0 saturated carbocycles. The molecule has 7 heteroatoms. The first-order chi connectivity index (χ1) is 10.6. The minimum Gasteiger partial charge on any atom is -0.332 e. The third-order valence-electron chi connectivity index (χ3n) is 3.89. The summed E-state index contributed by atoms with van der Waals surface area (Å²) >= 11 is 0. The van der Waals surface area contributed by atoms with Crippen LogP contribution < -0.4 is 5.32 Å². The van der Waals surface area contributed by atoms with E-state index in [1.54, 1.807) is 31.0 Å². The Morgan fingerprint density at radius 3 is 3.09 bits per heavy atom. The van der Waals surface area contributed by atoms with Crippen molar-refractivity contribution in [1.29, 1.82) is 0 Å². The van der Waals surface area contributed by atoms with Gasteiger partial charge in [0.05, 0.1) is 18.8 Å². The standard InChI is InChI=1S/C15H18FN5O/c1-20(2)15(22)17-8-10-9-21(19-18-10)14-7-6-11-12(14)4-3-5-13(11)16/h3-5,9,14H,6-8H2,1-2H3,(H,17,22)/t14-/m1/s1. The predicted molar refractivity (Wildman–Crippen MR) is 78.8 cm³/mol. The van der Waals surface area contributed by atoms with E-state index in [0.29, 0.717) is 18.7 Å². The number of urea groups is 1. The lowest BCUT2D eigenvalue weighted by Crippen LogP contribution is -2.34. The molecule has 116 valence electrons. The van der Waals surface area contributed by atoms with Gasteiger partial charge in [-0.15, -0.1) is 5.10 Å². The van der Waals surface area contributed by atoms with E-state index >= 15 is 0 Å². The van der Waals surface area contributed by atoms with Crippen LogP contribution in [0.2, 0.25) is 0 Å². The predicted octanol–water partition coefficient (Wildman–Crippen LogP) is 1.72. The number of carbonyl (C=O) groups is 1. The summed E-state index contributed by atoms with van der Waals surface area (Å²) in [6.45, 7) is 0.319. The summed E-state index contributed by atoms with van der Waals surface area (Å²) in [5.41, 5.74) is 2.42. The summed E-state index contributed by atoms with van der Waals surface area (Å²) in [6, 6.07) is 4.98. The van der Waals surface area contributed by atoms with E-state index in [1.807, 2.05) is 6.07 Å². The lowest BCUT2D eigenvalue weighted by molar-refractivity contribution is 0.217. The van der Waals surface area contributed by atoms with Gasteiger partial charge in [0.15, 0.2) is 0 Å². The molecular formula is C15H18FN5O. The molecule has 1 aliphatic rings. The number of fused-ring (bicyclic) bond motifs is 1. The molecule has 0 aliphatic heterocycles. The monoisotopic (exact) mass is 303 g/mol. The van der Waals surface area contributed by atoms with Crippen molar-refractivity contribution in [1.82, 2.24) is 25.2 Å². The number of amides is 2. The number of nitrogens with one attached hydrogen (secondary N) is 1. The zero-order chi connectivity index (χ0) is 15.7. The van der Waals surface area contributed by atoms with Crippen molar-refractivity contribution in [3.63, 3.8) is 0 Å². The summed E-state index contributed by atoms with van der Waals surface area (Å²) in [5.74, 6) is -0.154. The highest BCUT2D eigenvalue weighted by molar-refractivity contribution is 5.73. The Hall–Kier alpha value is -2.44. The third-order valence-corrected chi connectivity index (χ3v) is 3.89. The van der Waals surface area contributed by atoms with Crippen LogP contribution in [0.3, 0.4) is 0 Å². The second-order valence-electron chi connectivity index (χ2n) is 5.61. The summed E-state index contributed by atoms with van der Waals surface area (Å²) in [4.78, 5) is 13.0. The van der Waals surface area contributed by atoms with Crippen LogP contribution in [0.25, 0.3) is 0 Å². The van der Waals surface area contributed by atoms with E-state index in [1.165, 1.54) is 11.0 Å². The number of nitrogens with zero attached hydrogens (tertiary/aromatic N) is 4. The van der Waals surface area contributed by atoms with Crippen molar-refractivity contribution in [2.45, 2.75) is 25.4 Å². The molecule has 6 nitrogen and oxygen atoms in total. The Bertz CT molecular complexity index is 697. The highest BCUT2D eigenvalue weighted by Gasteiger charge is 2.27. The fourth-order valence-electron chi connectivity index (χ4n) is 2.73. The van der Waals surface area contributed by atoms with Crippen molar-refractivity contribution in [2.24, 2.45) is 0 Å². The molecule has 3 rings (SSSR count). The van der Waals surface area contributed by atoms with Crippen LogP contribution in [0.4, 0.5) is 9.18 Å². The van der Waals surface area contributed by atoms with Crippen LogP contribution in [0.15, 0.2) is 24.4 Å². The molecule has 1 aromatic heterocycles. The van der Waals surface area contributed by atoms with Crippen molar-refractivity contribution < 1.29 is 9.18 Å². The van der Waals surface area contributed by atoms with Gasteiger partial charge in [0.1, 0.15) is 11.5 Å². The Labute approximate surface area is 127 Å². The molecule has 0 fully saturated rings. The fraction of sp³-hybridized carbons (Fsp3) is 0.400. The molecule has 0 bridgehead atoms. The largest absolute Gasteiger partial charge is 0.332 e. The Balaban J connectivity index is 1.73. The van der Waals surface area contributed by atoms with Gasteiger partial charge in [-0.2, -0.15) is 0 Å². The summed E-state index contributed by atoms with van der Waals surface area (Å²) in [6.07, 6.45) is 3.32. The highest BCUT2D eigenvalue weighted by atomic mass is 19.1. The second kappa shape index (κ2) is 5.75. The quantitative estimate of drug-likeness (QED) is 0.939. The first-order valence-electron chi connectivity index (χ1n) is 7.19. The van der Waals surface area contributed by atoms with E-state index in [-0.39, 0.29) is 17.9 Å². The molecular weight excluding hydrogens is 285 g/mol. The average molecular weight is 303 g/mol. The van der Waals surface area contributed by atoms with Crippen molar-refractivity contribution in [3.8, 4) is 0 Å². The van der Waals surface area contributed by atoms with Gasteiger partial charge in [0.25, 0.3) is 0 Å². The molecule has 1 N–H and O–H groups in total. The van der Waals surface area contributed by atoms with Crippen LogP contribution in [0.1, 0.15) is 29.3 Å². The van der Waals surface area contributed by atoms with E-state index in [0.717, 1.165) is 17.5 Å². The van der Waals surface area contributed by atoms with Crippen LogP contribution in [0.5, 0.6) is 0 Å². The van der Waals surface area contributed by atoms with Crippen LogP contribution in [-0.4, -0.2) is 40.0 Å². The Morgan fingerprint density at radius 1 is 1.50 bits per heavy atom. The SMILES string of the molecule is CN(C)C(=O)NCc1cn([C@@H]2CCc3c(F)cccc32)nn1. The molecule has 0 radical (unpaired) electrons. The summed E-state index contributed by atoms with van der Waals surface area (Å²) < 4.78 is 15.5. The minimum atomic E-state index is -0.178. The Morgan fingerprint density at radius 2 is 2.32 bits per heavy atom. The van der Waals surface area contributed by atoms with Gasteiger partial charge in [-0.25, -0.2) is 13.9 Å². The zero-order valence-electron chi connectivity index (χ0n) is 12.6. The van der Waals surface area contributed by atoms with Gasteiger partial charge in [-0.1, -0.05) is 17.3 Å². The summed E-state index contributed by atoms with van der Waals surface area (Å²) in [7, 11) is 3.35. The molecule has 0 saturated heterocycles. The maximum Gasteiger partial charge on any atom is 0.317 e. The zero-order valence-corrected chi connectivity index (χ0v) is 12.6. The molecule has 1 heterocycles. The van der Waals surface area contributed by atoms with Crippen LogP contribution in [-0.2, 0) is 13.0 Å². The third kappa shape index (κ3) is 2.66. The van der Waals surface area contributed by atoms with Crippen molar-refractivity contribution in [3.05, 3.63) is 47.0 Å². The van der Waals surface area contributed by atoms with Crippen molar-refractivity contribution in [2.75, 3.05) is 14.1 Å². The lowest BCUT2D eigenvalue weighted by atomic mass is 10.1. The molecule has 1 aliphatic carbocycles. The molecule has 0 unspecified atom stereocenters. The molecule has 2 aromatic rings. The highest BCUT2D eigenvalue weighted by Crippen LogP contribution is 2.34. The van der Waals surface area contributed by atoms with E-state index < -0.39 is 0 Å². The average Bonchev–Trinajstić information content (AvgIpc) is 3.11. The topological polar surface area (TPSA) is 63.1 Å². The number of aromatic nitrogens is 3. The van der Waals surface area contributed by atoms with Gasteiger partial charge in [-0.3, -0.25) is 0 Å². The number of carbonyl (C=O) groups excluding carboxylic acids is 1. The number of rotatable bonds is 3. The van der Waals surface area contributed by atoms with Gasteiger partial charge < -0.3 is 10.2 Å². The maximum absolute atomic E-state index is 13.8. The van der Waals surface area contributed by atoms with Gasteiger partial charge in [-0.05, 0) is 30.0 Å². The van der Waals surface area contributed by atoms with E-state index in [9.17, 15) is 9.18 Å². The van der Waals surface area contributed by atoms with Crippen LogP contribution >= 0.6 is 0 Å². The number of halogens is 1. The minimum absolute atomic E-state index is 0.0106. The fourth-order valence-corrected chi connectivity index (χ4v) is 2.73. The van der Waals surface area contributed by atoms with Gasteiger partial charge >= 0.3 is 6.03 Å². The first kappa shape index (κ1) is 14.5. The van der Waals surface area contributed by atoms with Gasteiger partial charge in [0.2, 0.25) is 0 Å². The molecule has 22 heavy (non-hydrogen) atoms. The molecule has 1 aromatic carbocycles. The van der Waals surface area contributed by atoms with Crippen molar-refractivity contribution >= 4 is 6.03 Å². The van der Waals surface area contributed by atoms with E-state index in [4.69, 9.17) is 0 Å². The maximum atomic E-state index is 13.8. The lowest BCUT2D eigenvalue weighted by Gasteiger charge is -2.11. The molecule has 0 spiro atoms. The number of hydrogen-bond donors (Lipinski definition) is 1. The smallest absolute Gasteiger partial charge is 0.317 e. The molecule has 1 atom stereocenters. The molecule has 2 amide bonds. The van der Waals surface area contributed by atoms with E-state index in [2.05, 4.69) is 15.6 Å². The first-order valence-corrected chi connectivity index (χ1v) is 7.19. The second-order valence-corrected chi connectivity index (χ2v) is 5.61. The Kier molecular flexibility index (Phi) is 3.79. The van der Waals surface area contributed by atoms with Crippen LogP contribution in [0, 0.1) is 5.82 Å². The number of hydrogen-bond acceptors (Lipinski definition) is 3. The van der Waals surface area contributed by atoms with Gasteiger partial charge in [0, 0.05) is 14.1 Å².